The van der Waals surface area contributed by atoms with Crippen LogP contribution in [0.1, 0.15) is 159 Å². The molecule has 6 bridgehead atoms. The summed E-state index contributed by atoms with van der Waals surface area (Å²) >= 11 is 2.11. The number of hydrogen-bond donors (Lipinski definition) is 0. The average Bonchev–Trinajstić information content (AvgIpc) is 3.67. The lowest BCUT2D eigenvalue weighted by Gasteiger charge is -2.51. The van der Waals surface area contributed by atoms with Gasteiger partial charge in [-0.3, -0.25) is 0 Å². The lowest BCUT2D eigenvalue weighted by atomic mass is 9.35. The van der Waals surface area contributed by atoms with E-state index in [0.717, 1.165) is 6.42 Å². The van der Waals surface area contributed by atoms with Crippen molar-refractivity contribution < 1.29 is 0 Å². The van der Waals surface area contributed by atoms with E-state index in [1.807, 2.05) is 0 Å². The molecule has 0 spiro atoms. The predicted molar refractivity (Wildman–Crippen MR) is 302 cm³/mol. The molecular formula is C64H69BN2SSi. The highest BCUT2D eigenvalue weighted by Gasteiger charge is 2.54. The van der Waals surface area contributed by atoms with Crippen LogP contribution >= 0.6 is 11.3 Å². The van der Waals surface area contributed by atoms with Crippen LogP contribution in [0.15, 0.2) is 91.0 Å². The van der Waals surface area contributed by atoms with E-state index < -0.39 is 8.07 Å². The van der Waals surface area contributed by atoms with Crippen LogP contribution in [0, 0.1) is 6.92 Å². The van der Waals surface area contributed by atoms with Crippen LogP contribution in [0.25, 0.3) is 21.2 Å². The second kappa shape index (κ2) is 13.0. The maximum atomic E-state index is 2.86. The highest BCUT2D eigenvalue weighted by Crippen LogP contribution is 2.57. The van der Waals surface area contributed by atoms with Gasteiger partial charge in [0.2, 0.25) is 0 Å². The number of anilines is 6. The Bertz CT molecular complexity index is 3520. The van der Waals surface area contributed by atoms with Crippen molar-refractivity contribution in [2.24, 2.45) is 0 Å². The maximum absolute atomic E-state index is 2.86. The zero-order chi connectivity index (χ0) is 48.1. The van der Waals surface area contributed by atoms with Gasteiger partial charge in [-0.2, -0.15) is 0 Å². The monoisotopic (exact) mass is 937 g/mol. The van der Waals surface area contributed by atoms with Gasteiger partial charge in [0.25, 0.3) is 6.71 Å². The van der Waals surface area contributed by atoms with E-state index in [1.54, 1.807) is 15.9 Å². The van der Waals surface area contributed by atoms with Gasteiger partial charge in [-0.15, -0.1) is 11.3 Å². The largest absolute Gasteiger partial charge is 0.311 e. The van der Waals surface area contributed by atoms with Crippen LogP contribution < -0.4 is 35.9 Å². The van der Waals surface area contributed by atoms with Gasteiger partial charge in [0.15, 0.2) is 0 Å². The molecule has 0 saturated carbocycles. The maximum Gasteiger partial charge on any atom is 0.264 e. The lowest BCUT2D eigenvalue weighted by molar-refractivity contribution is 0.332. The Hall–Kier alpha value is -4.84. The minimum absolute atomic E-state index is 0.0739. The fourth-order valence-corrected chi connectivity index (χ4v) is 20.4. The van der Waals surface area contributed by atoms with Crippen LogP contribution in [0.2, 0.25) is 13.1 Å². The first-order chi connectivity index (χ1) is 32.4. The first-order valence-corrected chi connectivity index (χ1v) is 30.2. The first kappa shape index (κ1) is 43.0. The molecule has 1 aromatic heterocycles. The molecule has 7 aromatic rings. The summed E-state index contributed by atoms with van der Waals surface area (Å²) in [5.74, 6) is 0. The Kier molecular flexibility index (Phi) is 8.08. The van der Waals surface area contributed by atoms with Crippen molar-refractivity contribution in [3.8, 4) is 11.1 Å². The summed E-state index contributed by atoms with van der Waals surface area (Å²) in [6.07, 6.45) is 7.11. The summed E-state index contributed by atoms with van der Waals surface area (Å²) in [5, 5.41) is 4.61. The Morgan fingerprint density at radius 1 is 0.522 bits per heavy atom. The van der Waals surface area contributed by atoms with Gasteiger partial charge in [-0.25, -0.2) is 0 Å². The van der Waals surface area contributed by atoms with Crippen molar-refractivity contribution in [3.63, 3.8) is 0 Å². The minimum atomic E-state index is -2.28. The molecule has 0 fully saturated rings. The standard InChI is InChI=1S/C64H69BN2SSi/c1-36-28-51-54-56-57(36)69(13,14)53-21-18-38-30-50(53)67(56)55-41-32-47-46(63(10,11)26-27-64(47,12)39-17-15-16-37(38)29-39)35-52(41)68-58(55)65(54)48-33-44-45(62(8,9)25-24-61(44,6)7)34-49(48)66(51)40-19-20-42-43(31-40)60(4,5)23-22-59(42,2)3/h15-21,28-35H,22-27H2,1-14H3. The molecule has 1 atom stereocenters. The highest BCUT2D eigenvalue weighted by atomic mass is 32.1. The van der Waals surface area contributed by atoms with Gasteiger partial charge in [-0.05, 0) is 192 Å². The third kappa shape index (κ3) is 5.35. The fourth-order valence-electron chi connectivity index (χ4n) is 15.6. The van der Waals surface area contributed by atoms with Crippen molar-refractivity contribution in [1.29, 1.82) is 0 Å². The molecule has 5 heterocycles. The quantitative estimate of drug-likeness (QED) is 0.151. The summed E-state index contributed by atoms with van der Waals surface area (Å²) in [7, 11) is -2.28. The molecule has 6 aromatic carbocycles. The van der Waals surface area contributed by atoms with E-state index in [2.05, 4.69) is 208 Å². The molecule has 0 N–H and O–H groups in total. The number of thiophene rings is 1. The molecule has 3 aliphatic carbocycles. The van der Waals surface area contributed by atoms with E-state index in [1.165, 1.54) is 142 Å². The summed E-state index contributed by atoms with van der Waals surface area (Å²) < 4.78 is 2.96. The Labute approximate surface area is 417 Å². The number of benzene rings is 6. The van der Waals surface area contributed by atoms with E-state index in [-0.39, 0.29) is 39.2 Å². The van der Waals surface area contributed by atoms with Crippen LogP contribution in [0.3, 0.4) is 0 Å². The molecule has 2 nitrogen and oxygen atoms in total. The topological polar surface area (TPSA) is 6.48 Å². The Morgan fingerprint density at radius 3 is 1.86 bits per heavy atom. The van der Waals surface area contributed by atoms with Gasteiger partial charge in [0, 0.05) is 48.7 Å². The van der Waals surface area contributed by atoms with Crippen molar-refractivity contribution in [3.05, 3.63) is 136 Å². The van der Waals surface area contributed by atoms with Crippen molar-refractivity contribution in [2.45, 2.75) is 167 Å². The summed E-state index contributed by atoms with van der Waals surface area (Å²) in [6.45, 7) is 35.5. The van der Waals surface area contributed by atoms with E-state index in [9.17, 15) is 0 Å². The van der Waals surface area contributed by atoms with Crippen molar-refractivity contribution in [2.75, 3.05) is 9.80 Å². The van der Waals surface area contributed by atoms with Crippen molar-refractivity contribution >= 4 is 96.4 Å². The summed E-state index contributed by atoms with van der Waals surface area (Å²) in [4.78, 5) is 5.64. The molecule has 0 saturated heterocycles. The number of aryl methyl sites for hydroxylation is 1. The van der Waals surface area contributed by atoms with E-state index in [0.29, 0.717) is 0 Å². The first-order valence-electron chi connectivity index (χ1n) is 26.4. The molecule has 69 heavy (non-hydrogen) atoms. The van der Waals surface area contributed by atoms with Gasteiger partial charge in [-0.1, -0.05) is 138 Å². The van der Waals surface area contributed by atoms with Crippen LogP contribution in [-0.4, -0.2) is 14.8 Å². The molecule has 1 unspecified atom stereocenters. The van der Waals surface area contributed by atoms with Gasteiger partial charge in [0.05, 0.1) is 5.69 Å². The molecule has 348 valence electrons. The number of hydrogen-bond acceptors (Lipinski definition) is 3. The molecule has 0 amide bonds. The molecule has 0 radical (unpaired) electrons. The van der Waals surface area contributed by atoms with Gasteiger partial charge < -0.3 is 9.80 Å². The predicted octanol–water partition coefficient (Wildman–Crippen LogP) is 14.5. The lowest BCUT2D eigenvalue weighted by Crippen LogP contribution is -2.68. The second-order valence-electron chi connectivity index (χ2n) is 27.0. The summed E-state index contributed by atoms with van der Waals surface area (Å²) in [5.41, 5.74) is 26.5. The van der Waals surface area contributed by atoms with Crippen LogP contribution in [0.5, 0.6) is 0 Å². The van der Waals surface area contributed by atoms with Crippen LogP contribution in [-0.2, 0) is 32.5 Å². The zero-order valence-corrected chi connectivity index (χ0v) is 45.6. The normalized spacial score (nSPS) is 23.2. The van der Waals surface area contributed by atoms with Crippen molar-refractivity contribution in [1.82, 2.24) is 0 Å². The van der Waals surface area contributed by atoms with E-state index >= 15 is 0 Å². The Morgan fingerprint density at radius 2 is 1.14 bits per heavy atom. The third-order valence-corrected chi connectivity index (χ3v) is 25.0. The second-order valence-corrected chi connectivity index (χ2v) is 32.4. The molecule has 4 aliphatic heterocycles. The smallest absolute Gasteiger partial charge is 0.264 e. The summed E-state index contributed by atoms with van der Waals surface area (Å²) in [6, 6.07) is 38.5. The highest BCUT2D eigenvalue weighted by molar-refractivity contribution is 7.34. The van der Waals surface area contributed by atoms with E-state index in [4.69, 9.17) is 0 Å². The fraction of sp³-hybridized carbons (Fsp3) is 0.406. The molecule has 7 aliphatic rings. The number of nitrogens with zero attached hydrogens (tertiary/aromatic N) is 2. The number of fused-ring (bicyclic) bond motifs is 10. The minimum Gasteiger partial charge on any atom is -0.311 e. The average molecular weight is 937 g/mol. The van der Waals surface area contributed by atoms with Crippen LogP contribution in [0.4, 0.5) is 34.1 Å². The molecular weight excluding hydrogens is 868 g/mol. The SMILES string of the molecule is Cc1cc2c3c4c1[Si](C)(C)c1ccc5cc1N4c1c(sc4cc6c(cc14)C(C)(CCC6(C)C)c1cccc-5c1)B3c1cc3c(cc1N2c1ccc2c(c1)C(C)(C)CCC2(C)C)C(C)(C)CCC3(C)C. The third-order valence-electron chi connectivity index (χ3n) is 20.2. The molecule has 14 rings (SSSR count). The van der Waals surface area contributed by atoms with Gasteiger partial charge in [0.1, 0.15) is 8.07 Å². The van der Waals surface area contributed by atoms with Gasteiger partial charge >= 0.3 is 0 Å². The molecule has 5 heteroatoms. The Balaban J connectivity index is 1.16. The number of rotatable bonds is 1. The zero-order valence-electron chi connectivity index (χ0n) is 43.8.